The molecule has 1 aromatic heterocycles. The largest absolute Gasteiger partial charge is 0.507 e. The topological polar surface area (TPSA) is 94.1 Å². The minimum Gasteiger partial charge on any atom is -0.493 e. The molecule has 172 valence electrons. The fraction of sp³-hybridized carbons (Fsp3) is 0.280. The second-order valence-electron chi connectivity index (χ2n) is 7.99. The second-order valence-corrected chi connectivity index (χ2v) is 8.99. The first kappa shape index (κ1) is 22.7. The Morgan fingerprint density at radius 3 is 2.70 bits per heavy atom. The Labute approximate surface area is 195 Å². The van der Waals surface area contributed by atoms with E-state index in [0.717, 1.165) is 16.0 Å². The van der Waals surface area contributed by atoms with Crippen LogP contribution in [0.15, 0.2) is 53.9 Å². The second kappa shape index (κ2) is 9.54. The van der Waals surface area contributed by atoms with Gasteiger partial charge in [0.2, 0.25) is 0 Å². The van der Waals surface area contributed by atoms with Crippen LogP contribution in [0.5, 0.6) is 11.5 Å². The Morgan fingerprint density at radius 1 is 1.12 bits per heavy atom. The summed E-state index contributed by atoms with van der Waals surface area (Å²) in [5.41, 5.74) is 2.32. The molecule has 3 aromatic rings. The average molecular weight is 468 g/mol. The van der Waals surface area contributed by atoms with Crippen molar-refractivity contribution in [1.82, 2.24) is 5.32 Å². The number of carbonyl (C=O) groups is 2. The number of benzene rings is 2. The summed E-state index contributed by atoms with van der Waals surface area (Å²) >= 11 is 1.52. The Morgan fingerprint density at radius 2 is 1.97 bits per heavy atom. The molecular weight excluding hydrogens is 442 g/mol. The smallest absolute Gasteiger partial charge is 0.493 e. The number of fused-ring (bicyclic) bond motifs is 1. The maximum absolute atomic E-state index is 13.1. The normalized spacial score (nSPS) is 16.7. The number of rotatable bonds is 8. The van der Waals surface area contributed by atoms with E-state index in [4.69, 9.17) is 14.2 Å². The summed E-state index contributed by atoms with van der Waals surface area (Å²) in [6.07, 6.45) is -0.131. The van der Waals surface area contributed by atoms with Gasteiger partial charge in [-0.1, -0.05) is 29.8 Å². The van der Waals surface area contributed by atoms with Gasteiger partial charge in [0.15, 0.2) is 17.2 Å². The lowest BCUT2D eigenvalue weighted by Crippen LogP contribution is -2.52. The number of methoxy groups -OCH3 is 1. The molecule has 1 heterocycles. The van der Waals surface area contributed by atoms with Gasteiger partial charge in [0.05, 0.1) is 13.7 Å². The first-order valence-electron chi connectivity index (χ1n) is 10.5. The Balaban J connectivity index is 1.48. The highest BCUT2D eigenvalue weighted by molar-refractivity contribution is 7.10. The van der Waals surface area contributed by atoms with Gasteiger partial charge in [-0.15, -0.1) is 11.3 Å². The summed E-state index contributed by atoms with van der Waals surface area (Å²) in [4.78, 5) is 25.4. The van der Waals surface area contributed by atoms with E-state index in [1.165, 1.54) is 24.0 Å². The molecule has 0 spiro atoms. The van der Waals surface area contributed by atoms with Crippen molar-refractivity contribution < 1.29 is 28.9 Å². The molecule has 1 amide bonds. The van der Waals surface area contributed by atoms with Crippen LogP contribution in [0.4, 0.5) is 4.79 Å². The van der Waals surface area contributed by atoms with E-state index in [0.29, 0.717) is 42.9 Å². The summed E-state index contributed by atoms with van der Waals surface area (Å²) in [5, 5.41) is 14.0. The highest BCUT2D eigenvalue weighted by atomic mass is 32.1. The number of hydrogen-bond acceptors (Lipinski definition) is 6. The number of aryl methyl sites for hydroxylation is 1. The van der Waals surface area contributed by atoms with Crippen LogP contribution in [0.1, 0.15) is 31.9 Å². The fourth-order valence-corrected chi connectivity index (χ4v) is 5.02. The van der Waals surface area contributed by atoms with Crippen LogP contribution in [-0.4, -0.2) is 36.6 Å². The molecule has 0 bridgehead atoms. The number of ether oxygens (including phenoxy) is 3. The van der Waals surface area contributed by atoms with Crippen LogP contribution < -0.4 is 14.8 Å². The number of amides is 1. The molecule has 33 heavy (non-hydrogen) atoms. The van der Waals surface area contributed by atoms with Gasteiger partial charge in [0.1, 0.15) is 0 Å². The molecule has 8 heteroatoms. The van der Waals surface area contributed by atoms with E-state index >= 15 is 0 Å². The molecule has 7 nitrogen and oxygen atoms in total. The van der Waals surface area contributed by atoms with Crippen LogP contribution in [0.25, 0.3) is 0 Å². The maximum Gasteiger partial charge on any atom is 0.507 e. The Kier molecular flexibility index (Phi) is 6.55. The van der Waals surface area contributed by atoms with Crippen molar-refractivity contribution in [3.63, 3.8) is 0 Å². The quantitative estimate of drug-likeness (QED) is 0.371. The molecule has 1 atom stereocenters. The van der Waals surface area contributed by atoms with E-state index < -0.39 is 17.8 Å². The van der Waals surface area contributed by atoms with E-state index in [1.807, 2.05) is 36.6 Å². The average Bonchev–Trinajstić information content (AvgIpc) is 3.32. The summed E-state index contributed by atoms with van der Waals surface area (Å²) in [5.74, 6) is 0.504. The molecule has 1 unspecified atom stereocenters. The maximum atomic E-state index is 13.1. The third kappa shape index (κ3) is 5.28. The molecule has 4 rings (SSSR count). The van der Waals surface area contributed by atoms with Crippen molar-refractivity contribution in [2.45, 2.75) is 31.9 Å². The van der Waals surface area contributed by atoms with Crippen LogP contribution in [0, 0.1) is 6.92 Å². The summed E-state index contributed by atoms with van der Waals surface area (Å²) in [7, 11) is 1.54. The standard InChI is InChI=1S/C25H25NO6S/c1-16-4-3-5-17(12-16)8-10-31-21-13-18(6-7-20(21)30-2)23(27)26-25(32-24(28)29)14-19-9-11-33-22(19)15-25/h3-7,9,11-13H,8,10,14-15H2,1-2H3,(H,26,27)(H,28,29). The highest BCUT2D eigenvalue weighted by Gasteiger charge is 2.43. The predicted molar refractivity (Wildman–Crippen MR) is 124 cm³/mol. The van der Waals surface area contributed by atoms with Crippen LogP contribution in [0.2, 0.25) is 0 Å². The lowest BCUT2D eigenvalue weighted by atomic mass is 10.1. The van der Waals surface area contributed by atoms with Gasteiger partial charge in [0.25, 0.3) is 5.91 Å². The molecule has 0 radical (unpaired) electrons. The summed E-state index contributed by atoms with van der Waals surface area (Å²) < 4.78 is 16.5. The van der Waals surface area contributed by atoms with Crippen molar-refractivity contribution in [2.75, 3.05) is 13.7 Å². The Hall–Kier alpha value is -3.52. The van der Waals surface area contributed by atoms with Gasteiger partial charge in [-0.05, 0) is 47.7 Å². The zero-order valence-corrected chi connectivity index (χ0v) is 19.2. The number of carbonyl (C=O) groups excluding carboxylic acids is 1. The molecule has 2 N–H and O–H groups in total. The molecule has 0 saturated heterocycles. The number of thiophene rings is 1. The molecule has 1 aliphatic carbocycles. The van der Waals surface area contributed by atoms with Gasteiger partial charge in [0, 0.05) is 29.7 Å². The van der Waals surface area contributed by atoms with Gasteiger partial charge in [-0.2, -0.15) is 0 Å². The van der Waals surface area contributed by atoms with Gasteiger partial charge < -0.3 is 24.6 Å². The van der Waals surface area contributed by atoms with Crippen molar-refractivity contribution in [3.8, 4) is 11.5 Å². The lowest BCUT2D eigenvalue weighted by molar-refractivity contribution is -0.0297. The summed E-state index contributed by atoms with van der Waals surface area (Å²) in [6.45, 7) is 2.46. The third-order valence-corrected chi connectivity index (χ3v) is 6.50. The number of nitrogens with one attached hydrogen (secondary N) is 1. The van der Waals surface area contributed by atoms with Crippen molar-refractivity contribution in [2.24, 2.45) is 0 Å². The van der Waals surface area contributed by atoms with Crippen LogP contribution in [-0.2, 0) is 24.0 Å². The monoisotopic (exact) mass is 467 g/mol. The molecule has 2 aromatic carbocycles. The van der Waals surface area contributed by atoms with Gasteiger partial charge in [-0.3, -0.25) is 4.79 Å². The number of hydrogen-bond donors (Lipinski definition) is 2. The van der Waals surface area contributed by atoms with Gasteiger partial charge in [-0.25, -0.2) is 4.79 Å². The van der Waals surface area contributed by atoms with E-state index in [9.17, 15) is 14.7 Å². The fourth-order valence-electron chi connectivity index (χ4n) is 4.02. The first-order valence-corrected chi connectivity index (χ1v) is 11.4. The lowest BCUT2D eigenvalue weighted by Gasteiger charge is -2.28. The zero-order valence-electron chi connectivity index (χ0n) is 18.4. The van der Waals surface area contributed by atoms with Crippen LogP contribution in [0.3, 0.4) is 0 Å². The molecule has 0 saturated carbocycles. The van der Waals surface area contributed by atoms with Crippen LogP contribution >= 0.6 is 11.3 Å². The molecule has 0 aliphatic heterocycles. The number of carboxylic acid groups (broad SMARTS) is 1. The minimum absolute atomic E-state index is 0.292. The minimum atomic E-state index is -1.43. The highest BCUT2D eigenvalue weighted by Crippen LogP contribution is 2.35. The predicted octanol–water partition coefficient (Wildman–Crippen LogP) is 4.61. The summed E-state index contributed by atoms with van der Waals surface area (Å²) in [6, 6.07) is 15.0. The first-order chi connectivity index (χ1) is 15.9. The molecule has 1 aliphatic rings. The van der Waals surface area contributed by atoms with Gasteiger partial charge >= 0.3 is 6.16 Å². The SMILES string of the molecule is COc1ccc(C(=O)NC2(OC(=O)O)Cc3ccsc3C2)cc1OCCc1cccc(C)c1. The zero-order chi connectivity index (χ0) is 23.4. The van der Waals surface area contributed by atoms with Crippen molar-refractivity contribution in [1.29, 1.82) is 0 Å². The van der Waals surface area contributed by atoms with E-state index in [-0.39, 0.29) is 0 Å². The third-order valence-electron chi connectivity index (χ3n) is 5.54. The molecule has 0 fully saturated rings. The molecular formula is C25H25NO6S. The van der Waals surface area contributed by atoms with Crippen molar-refractivity contribution in [3.05, 3.63) is 81.0 Å². The van der Waals surface area contributed by atoms with E-state index in [1.54, 1.807) is 18.2 Å². The Bertz CT molecular complexity index is 1150. The van der Waals surface area contributed by atoms with Crippen molar-refractivity contribution >= 4 is 23.4 Å². The van der Waals surface area contributed by atoms with E-state index in [2.05, 4.69) is 11.4 Å².